The number of hydrogen-bond donors (Lipinski definition) is 0. The molecule has 4 aromatic heterocycles. The van der Waals surface area contributed by atoms with Crippen LogP contribution in [0.4, 0.5) is 0 Å². The predicted molar refractivity (Wildman–Crippen MR) is 133 cm³/mol. The number of pyridine rings is 3. The molecule has 4 heterocycles. The van der Waals surface area contributed by atoms with E-state index >= 15 is 0 Å². The molecule has 0 atom stereocenters. The van der Waals surface area contributed by atoms with Crippen LogP contribution in [0.2, 0.25) is 0 Å². The van der Waals surface area contributed by atoms with E-state index in [9.17, 15) is 4.79 Å². The molecule has 0 spiro atoms. The predicted octanol–water partition coefficient (Wildman–Crippen LogP) is 5.77. The first-order chi connectivity index (χ1) is 16.2. The number of ether oxygens (including phenoxy) is 1. The van der Waals surface area contributed by atoms with Gasteiger partial charge >= 0.3 is 0 Å². The summed E-state index contributed by atoms with van der Waals surface area (Å²) in [5.41, 5.74) is 4.68. The maximum absolute atomic E-state index is 13.6. The number of fused-ring (bicyclic) bond motifs is 3. The summed E-state index contributed by atoms with van der Waals surface area (Å²) < 4.78 is 9.23. The van der Waals surface area contributed by atoms with Crippen molar-refractivity contribution in [2.75, 3.05) is 0 Å². The molecule has 0 saturated carbocycles. The van der Waals surface area contributed by atoms with Gasteiger partial charge in [0.15, 0.2) is 5.43 Å². The third-order valence-electron chi connectivity index (χ3n) is 5.90. The highest BCUT2D eigenvalue weighted by Gasteiger charge is 2.18. The van der Waals surface area contributed by atoms with E-state index in [4.69, 9.17) is 4.74 Å². The molecule has 0 aliphatic rings. The van der Waals surface area contributed by atoms with Gasteiger partial charge in [0.25, 0.3) is 0 Å². The molecule has 0 amide bonds. The lowest BCUT2D eigenvalue weighted by molar-refractivity contribution is 0.306. The van der Waals surface area contributed by atoms with Crippen LogP contribution in [0.25, 0.3) is 27.2 Å². The van der Waals surface area contributed by atoms with Gasteiger partial charge in [-0.05, 0) is 48.0 Å². The van der Waals surface area contributed by atoms with Gasteiger partial charge in [0.2, 0.25) is 0 Å². The first kappa shape index (κ1) is 19.9. The summed E-state index contributed by atoms with van der Waals surface area (Å²) in [6.45, 7) is 0.383. The minimum Gasteiger partial charge on any atom is -0.489 e. The largest absolute Gasteiger partial charge is 0.489 e. The van der Waals surface area contributed by atoms with Gasteiger partial charge in [-0.2, -0.15) is 0 Å². The van der Waals surface area contributed by atoms with E-state index in [-0.39, 0.29) is 5.43 Å². The Morgan fingerprint density at radius 2 is 1.64 bits per heavy atom. The zero-order chi connectivity index (χ0) is 22.4. The normalized spacial score (nSPS) is 11.5. The molecule has 0 aliphatic carbocycles. The number of nitrogens with zero attached hydrogens (tertiary/aromatic N) is 3. The zero-order valence-corrected chi connectivity index (χ0v) is 19.1. The number of rotatable bonds is 5. The van der Waals surface area contributed by atoms with Crippen LogP contribution < -0.4 is 10.2 Å². The molecule has 33 heavy (non-hydrogen) atoms. The molecule has 2 aromatic carbocycles. The minimum atomic E-state index is 0.0186. The molecule has 6 heteroatoms. The highest BCUT2D eigenvalue weighted by atomic mass is 79.9. The van der Waals surface area contributed by atoms with Crippen LogP contribution in [0, 0.1) is 0 Å². The number of benzene rings is 2. The molecule has 160 valence electrons. The topological polar surface area (TPSA) is 56.5 Å². The molecular formula is C27H18BrN3O2. The summed E-state index contributed by atoms with van der Waals surface area (Å²) in [5.74, 6) is 0.663. The van der Waals surface area contributed by atoms with E-state index in [1.54, 1.807) is 24.8 Å². The van der Waals surface area contributed by atoms with Gasteiger partial charge in [-0.15, -0.1) is 0 Å². The number of hydrogen-bond acceptors (Lipinski definition) is 4. The van der Waals surface area contributed by atoms with Gasteiger partial charge in [0.05, 0.1) is 16.4 Å². The van der Waals surface area contributed by atoms with Crippen LogP contribution >= 0.6 is 15.9 Å². The van der Waals surface area contributed by atoms with E-state index in [2.05, 4.69) is 42.4 Å². The van der Waals surface area contributed by atoms with Crippen LogP contribution in [0.1, 0.15) is 16.7 Å². The van der Waals surface area contributed by atoms with Crippen LogP contribution in [-0.2, 0) is 13.0 Å². The number of aromatic nitrogens is 3. The van der Waals surface area contributed by atoms with E-state index in [0.29, 0.717) is 24.2 Å². The Hall–Kier alpha value is -3.77. The Balaban J connectivity index is 1.57. The first-order valence-electron chi connectivity index (χ1n) is 10.6. The Labute approximate surface area is 197 Å². The van der Waals surface area contributed by atoms with Crippen LogP contribution in [0.3, 0.4) is 0 Å². The van der Waals surface area contributed by atoms with Gasteiger partial charge in [-0.3, -0.25) is 14.8 Å². The van der Waals surface area contributed by atoms with Crippen molar-refractivity contribution in [3.8, 4) is 5.75 Å². The van der Waals surface area contributed by atoms with Crippen LogP contribution in [0.5, 0.6) is 5.75 Å². The second-order valence-corrected chi connectivity index (χ2v) is 8.99. The lowest BCUT2D eigenvalue weighted by Crippen LogP contribution is -2.12. The molecule has 6 rings (SSSR count). The average Bonchev–Trinajstić information content (AvgIpc) is 3.15. The lowest BCUT2D eigenvalue weighted by atomic mass is 10.0. The molecule has 0 aliphatic heterocycles. The monoisotopic (exact) mass is 495 g/mol. The minimum absolute atomic E-state index is 0.0186. The lowest BCUT2D eigenvalue weighted by Gasteiger charge is -2.10. The second kappa shape index (κ2) is 7.98. The number of halogens is 1. The fraction of sp³-hybridized carbons (Fsp3) is 0.0741. The van der Waals surface area contributed by atoms with Gasteiger partial charge in [-0.1, -0.05) is 28.1 Å². The van der Waals surface area contributed by atoms with Gasteiger partial charge in [-0.25, -0.2) is 0 Å². The smallest absolute Gasteiger partial charge is 0.193 e. The average molecular weight is 496 g/mol. The van der Waals surface area contributed by atoms with Crippen molar-refractivity contribution in [3.05, 3.63) is 117 Å². The van der Waals surface area contributed by atoms with Gasteiger partial charge in [0.1, 0.15) is 12.4 Å². The third kappa shape index (κ3) is 3.52. The van der Waals surface area contributed by atoms with Crippen molar-refractivity contribution >= 4 is 43.1 Å². The summed E-state index contributed by atoms with van der Waals surface area (Å²) in [6, 6.07) is 17.8. The van der Waals surface area contributed by atoms with Crippen LogP contribution in [0.15, 0.2) is 94.8 Å². The van der Waals surface area contributed by atoms with E-state index in [1.165, 1.54) is 0 Å². The SMILES string of the molecule is O=c1c(Cc2cccnc2)cn2c3ccc(Br)cc3c3cc(OCc4cccnc4)cc1c32. The molecule has 0 saturated heterocycles. The fourth-order valence-corrected chi connectivity index (χ4v) is 4.77. The summed E-state index contributed by atoms with van der Waals surface area (Å²) >= 11 is 3.59. The van der Waals surface area contributed by atoms with Gasteiger partial charge in [0, 0.05) is 63.8 Å². The molecule has 6 aromatic rings. The summed E-state index contributed by atoms with van der Waals surface area (Å²) in [7, 11) is 0. The van der Waals surface area contributed by atoms with Gasteiger partial charge < -0.3 is 9.14 Å². The molecule has 0 fully saturated rings. The van der Waals surface area contributed by atoms with E-state index < -0.39 is 0 Å². The van der Waals surface area contributed by atoms with E-state index in [0.717, 1.165) is 43.0 Å². The zero-order valence-electron chi connectivity index (χ0n) is 17.5. The standard InChI is InChI=1S/C27H18BrN3O2/c28-20-5-6-25-22(10-20)23-11-21(33-16-18-4-2-8-30-14-18)12-24-26(23)31(25)15-19(27(24)32)9-17-3-1-7-29-13-17/h1-8,10-15H,9,16H2. The van der Waals surface area contributed by atoms with E-state index in [1.807, 2.05) is 48.7 Å². The van der Waals surface area contributed by atoms with Crippen molar-refractivity contribution < 1.29 is 4.74 Å². The molecule has 0 radical (unpaired) electrons. The molecule has 0 N–H and O–H groups in total. The Morgan fingerprint density at radius 1 is 0.879 bits per heavy atom. The molecule has 0 bridgehead atoms. The fourth-order valence-electron chi connectivity index (χ4n) is 4.40. The third-order valence-corrected chi connectivity index (χ3v) is 6.39. The molecule has 5 nitrogen and oxygen atoms in total. The second-order valence-electron chi connectivity index (χ2n) is 8.07. The summed E-state index contributed by atoms with van der Waals surface area (Å²) in [6.07, 6.45) is 9.55. The maximum Gasteiger partial charge on any atom is 0.193 e. The highest BCUT2D eigenvalue weighted by molar-refractivity contribution is 9.10. The van der Waals surface area contributed by atoms with Crippen LogP contribution in [-0.4, -0.2) is 14.4 Å². The first-order valence-corrected chi connectivity index (χ1v) is 11.4. The van der Waals surface area contributed by atoms with Crippen molar-refractivity contribution in [1.82, 2.24) is 14.4 Å². The Morgan fingerprint density at radius 3 is 2.39 bits per heavy atom. The maximum atomic E-state index is 13.6. The quantitative estimate of drug-likeness (QED) is 0.304. The van der Waals surface area contributed by atoms with Crippen molar-refractivity contribution in [2.45, 2.75) is 13.0 Å². The summed E-state index contributed by atoms with van der Waals surface area (Å²) in [4.78, 5) is 22.0. The highest BCUT2D eigenvalue weighted by Crippen LogP contribution is 2.36. The molecule has 0 unspecified atom stereocenters. The molecular weight excluding hydrogens is 478 g/mol. The van der Waals surface area contributed by atoms with Crippen molar-refractivity contribution in [1.29, 1.82) is 0 Å². The summed E-state index contributed by atoms with van der Waals surface area (Å²) in [5, 5.41) is 2.72. The Kier molecular flexibility index (Phi) is 4.80. The van der Waals surface area contributed by atoms with Crippen molar-refractivity contribution in [2.24, 2.45) is 0 Å². The van der Waals surface area contributed by atoms with Crippen molar-refractivity contribution in [3.63, 3.8) is 0 Å². The Bertz CT molecular complexity index is 1660.